The van der Waals surface area contributed by atoms with Crippen LogP contribution in [0.25, 0.3) is 0 Å². The summed E-state index contributed by atoms with van der Waals surface area (Å²) in [6.07, 6.45) is 0.809. The van der Waals surface area contributed by atoms with Crippen LogP contribution in [0, 0.1) is 5.92 Å². The van der Waals surface area contributed by atoms with Crippen molar-refractivity contribution in [2.75, 3.05) is 39.6 Å². The largest absolute Gasteiger partial charge is 0.497 e. The number of hydrogen-bond acceptors (Lipinski definition) is 5. The van der Waals surface area contributed by atoms with Crippen molar-refractivity contribution in [3.63, 3.8) is 0 Å². The van der Waals surface area contributed by atoms with Crippen molar-refractivity contribution in [3.8, 4) is 5.75 Å². The Morgan fingerprint density at radius 1 is 1.40 bits per heavy atom. The molecule has 112 valence electrons. The predicted molar refractivity (Wildman–Crippen MR) is 76.1 cm³/mol. The molecule has 6 nitrogen and oxygen atoms in total. The van der Waals surface area contributed by atoms with E-state index in [0.29, 0.717) is 25.4 Å². The Bertz CT molecular complexity index is 574. The lowest BCUT2D eigenvalue weighted by molar-refractivity contribution is 0.157. The molecule has 0 aromatic heterocycles. The second kappa shape index (κ2) is 5.99. The van der Waals surface area contributed by atoms with Crippen LogP contribution in [-0.4, -0.2) is 46.6 Å². The Balaban J connectivity index is 2.23. The number of nitrogen functional groups attached to an aromatic ring is 1. The smallest absolute Gasteiger partial charge is 0.245 e. The second-order valence-corrected chi connectivity index (χ2v) is 6.78. The monoisotopic (exact) mass is 300 g/mol. The molecule has 1 fully saturated rings. The van der Waals surface area contributed by atoms with Gasteiger partial charge < -0.3 is 15.2 Å². The third-order valence-corrected chi connectivity index (χ3v) is 5.42. The molecule has 0 radical (unpaired) electrons. The SMILES string of the molecule is COCC1CCN(S(=O)(=O)c2ccc(OC)cc2N)C1. The highest BCUT2D eigenvalue weighted by Gasteiger charge is 2.33. The van der Waals surface area contributed by atoms with E-state index in [1.54, 1.807) is 13.2 Å². The van der Waals surface area contributed by atoms with E-state index in [1.807, 2.05) is 0 Å². The fourth-order valence-electron chi connectivity index (χ4n) is 2.41. The van der Waals surface area contributed by atoms with Gasteiger partial charge in [0.05, 0.1) is 19.4 Å². The first-order valence-electron chi connectivity index (χ1n) is 6.41. The number of nitrogens with zero attached hydrogens (tertiary/aromatic N) is 1. The summed E-state index contributed by atoms with van der Waals surface area (Å²) in [5.41, 5.74) is 6.04. The molecule has 0 bridgehead atoms. The van der Waals surface area contributed by atoms with E-state index in [1.165, 1.54) is 23.5 Å². The number of rotatable bonds is 5. The van der Waals surface area contributed by atoms with E-state index in [9.17, 15) is 8.42 Å². The summed E-state index contributed by atoms with van der Waals surface area (Å²) in [6.45, 7) is 1.55. The van der Waals surface area contributed by atoms with E-state index in [2.05, 4.69) is 0 Å². The number of sulfonamides is 1. The first-order valence-corrected chi connectivity index (χ1v) is 7.85. The number of anilines is 1. The van der Waals surface area contributed by atoms with E-state index in [0.717, 1.165) is 6.42 Å². The molecule has 0 amide bonds. The number of benzene rings is 1. The molecular formula is C13H20N2O4S. The minimum atomic E-state index is -3.55. The Kier molecular flexibility index (Phi) is 4.52. The average molecular weight is 300 g/mol. The van der Waals surface area contributed by atoms with Crippen LogP contribution in [0.4, 0.5) is 5.69 Å². The minimum absolute atomic E-state index is 0.136. The van der Waals surface area contributed by atoms with Gasteiger partial charge in [0.25, 0.3) is 0 Å². The molecule has 1 aromatic carbocycles. The number of methoxy groups -OCH3 is 2. The Labute approximate surface area is 119 Å². The summed E-state index contributed by atoms with van der Waals surface area (Å²) in [6, 6.07) is 4.62. The zero-order valence-electron chi connectivity index (χ0n) is 11.7. The molecule has 1 aliphatic rings. The third kappa shape index (κ3) is 2.89. The normalized spacial score (nSPS) is 20.2. The first-order chi connectivity index (χ1) is 9.48. The van der Waals surface area contributed by atoms with Crippen molar-refractivity contribution in [2.24, 2.45) is 5.92 Å². The van der Waals surface area contributed by atoms with Crippen LogP contribution < -0.4 is 10.5 Å². The summed E-state index contributed by atoms with van der Waals surface area (Å²) in [7, 11) is -0.412. The van der Waals surface area contributed by atoms with Gasteiger partial charge in [-0.05, 0) is 24.5 Å². The minimum Gasteiger partial charge on any atom is -0.497 e. The summed E-state index contributed by atoms with van der Waals surface area (Å²) in [5.74, 6) is 0.786. The standard InChI is InChI=1S/C13H20N2O4S/c1-18-9-10-5-6-15(8-10)20(16,17)13-4-3-11(19-2)7-12(13)14/h3-4,7,10H,5-6,8-9,14H2,1-2H3. The van der Waals surface area contributed by atoms with Crippen LogP contribution >= 0.6 is 0 Å². The molecule has 1 atom stereocenters. The van der Waals surface area contributed by atoms with Gasteiger partial charge in [-0.15, -0.1) is 0 Å². The summed E-state index contributed by atoms with van der Waals surface area (Å²) < 4.78 is 36.7. The molecule has 1 heterocycles. The summed E-state index contributed by atoms with van der Waals surface area (Å²) in [5, 5.41) is 0. The van der Waals surface area contributed by atoms with Crippen LogP contribution in [0.5, 0.6) is 5.75 Å². The van der Waals surface area contributed by atoms with Crippen LogP contribution in [0.15, 0.2) is 23.1 Å². The molecule has 1 aromatic rings. The zero-order valence-corrected chi connectivity index (χ0v) is 12.5. The molecule has 1 saturated heterocycles. The van der Waals surface area contributed by atoms with Gasteiger partial charge in [-0.1, -0.05) is 0 Å². The van der Waals surface area contributed by atoms with Gasteiger partial charge in [0.1, 0.15) is 10.6 Å². The fraction of sp³-hybridized carbons (Fsp3) is 0.538. The van der Waals surface area contributed by atoms with Crippen LogP contribution in [0.1, 0.15) is 6.42 Å². The van der Waals surface area contributed by atoms with Crippen LogP contribution in [0.2, 0.25) is 0 Å². The number of ether oxygens (including phenoxy) is 2. The van der Waals surface area contributed by atoms with Gasteiger partial charge in [0.15, 0.2) is 0 Å². The molecule has 2 N–H and O–H groups in total. The average Bonchev–Trinajstić information content (AvgIpc) is 2.88. The number of hydrogen-bond donors (Lipinski definition) is 1. The first kappa shape index (κ1) is 15.1. The Hall–Kier alpha value is -1.31. The maximum absolute atomic E-state index is 12.6. The Morgan fingerprint density at radius 3 is 2.75 bits per heavy atom. The van der Waals surface area contributed by atoms with Crippen molar-refractivity contribution in [1.29, 1.82) is 0 Å². The van der Waals surface area contributed by atoms with Crippen molar-refractivity contribution in [2.45, 2.75) is 11.3 Å². The lowest BCUT2D eigenvalue weighted by Crippen LogP contribution is -2.30. The zero-order chi connectivity index (χ0) is 14.8. The molecule has 2 rings (SSSR count). The van der Waals surface area contributed by atoms with Gasteiger partial charge in [0.2, 0.25) is 10.0 Å². The van der Waals surface area contributed by atoms with Gasteiger partial charge >= 0.3 is 0 Å². The lowest BCUT2D eigenvalue weighted by Gasteiger charge is -2.18. The molecule has 1 aliphatic heterocycles. The molecule has 0 aliphatic carbocycles. The predicted octanol–water partition coefficient (Wildman–Crippen LogP) is 0.934. The van der Waals surface area contributed by atoms with E-state index in [-0.39, 0.29) is 16.5 Å². The molecule has 7 heteroatoms. The molecule has 0 spiro atoms. The van der Waals surface area contributed by atoms with Crippen LogP contribution in [-0.2, 0) is 14.8 Å². The van der Waals surface area contributed by atoms with Crippen LogP contribution in [0.3, 0.4) is 0 Å². The van der Waals surface area contributed by atoms with Crippen molar-refractivity contribution >= 4 is 15.7 Å². The maximum Gasteiger partial charge on any atom is 0.245 e. The molecule has 20 heavy (non-hydrogen) atoms. The highest BCUT2D eigenvalue weighted by molar-refractivity contribution is 7.89. The van der Waals surface area contributed by atoms with E-state index >= 15 is 0 Å². The van der Waals surface area contributed by atoms with Gasteiger partial charge in [-0.3, -0.25) is 0 Å². The highest BCUT2D eigenvalue weighted by Crippen LogP contribution is 2.29. The quantitative estimate of drug-likeness (QED) is 0.818. The van der Waals surface area contributed by atoms with Crippen molar-refractivity contribution in [3.05, 3.63) is 18.2 Å². The maximum atomic E-state index is 12.6. The van der Waals surface area contributed by atoms with Gasteiger partial charge in [-0.2, -0.15) is 4.31 Å². The number of nitrogens with two attached hydrogens (primary N) is 1. The van der Waals surface area contributed by atoms with Crippen molar-refractivity contribution < 1.29 is 17.9 Å². The summed E-state index contributed by atoms with van der Waals surface area (Å²) in [4.78, 5) is 0.136. The molecular weight excluding hydrogens is 280 g/mol. The fourth-order valence-corrected chi connectivity index (χ4v) is 4.04. The summed E-state index contributed by atoms with van der Waals surface area (Å²) >= 11 is 0. The van der Waals surface area contributed by atoms with Gasteiger partial charge in [0, 0.05) is 26.3 Å². The third-order valence-electron chi connectivity index (χ3n) is 3.49. The van der Waals surface area contributed by atoms with Crippen molar-refractivity contribution in [1.82, 2.24) is 4.31 Å². The molecule has 0 saturated carbocycles. The lowest BCUT2D eigenvalue weighted by atomic mass is 10.1. The topological polar surface area (TPSA) is 81.9 Å². The second-order valence-electron chi connectivity index (χ2n) is 4.88. The van der Waals surface area contributed by atoms with E-state index in [4.69, 9.17) is 15.2 Å². The highest BCUT2D eigenvalue weighted by atomic mass is 32.2. The van der Waals surface area contributed by atoms with Gasteiger partial charge in [-0.25, -0.2) is 8.42 Å². The molecule has 1 unspecified atom stereocenters. The van der Waals surface area contributed by atoms with E-state index < -0.39 is 10.0 Å². The Morgan fingerprint density at radius 2 is 2.15 bits per heavy atom.